The Labute approximate surface area is 143 Å². The molecule has 7 nitrogen and oxygen atoms in total. The summed E-state index contributed by atoms with van der Waals surface area (Å²) in [6.07, 6.45) is 2.47. The van der Waals surface area contributed by atoms with Crippen molar-refractivity contribution >= 4 is 16.8 Å². The van der Waals surface area contributed by atoms with Gasteiger partial charge in [0.15, 0.2) is 0 Å². The number of carbonyl (C=O) groups is 1. The molecule has 128 valence electrons. The first-order valence-electron chi connectivity index (χ1n) is 8.24. The van der Waals surface area contributed by atoms with Gasteiger partial charge in [0.05, 0.1) is 16.6 Å². The highest BCUT2D eigenvalue weighted by Crippen LogP contribution is 2.28. The summed E-state index contributed by atoms with van der Waals surface area (Å²) >= 11 is 0. The molecule has 25 heavy (non-hydrogen) atoms. The van der Waals surface area contributed by atoms with Gasteiger partial charge in [-0.1, -0.05) is 5.16 Å². The van der Waals surface area contributed by atoms with Crippen molar-refractivity contribution in [3.63, 3.8) is 0 Å². The van der Waals surface area contributed by atoms with Crippen LogP contribution in [0.2, 0.25) is 0 Å². The van der Waals surface area contributed by atoms with E-state index in [9.17, 15) is 9.59 Å². The van der Waals surface area contributed by atoms with Crippen LogP contribution in [-0.4, -0.2) is 39.0 Å². The van der Waals surface area contributed by atoms with E-state index < -0.39 is 0 Å². The number of aromatic nitrogens is 3. The number of fused-ring (bicyclic) bond motifs is 1. The average molecular weight is 338 g/mol. The predicted molar refractivity (Wildman–Crippen MR) is 91.6 cm³/mol. The van der Waals surface area contributed by atoms with Crippen LogP contribution < -0.4 is 5.56 Å². The van der Waals surface area contributed by atoms with Crippen LogP contribution in [0.1, 0.15) is 39.8 Å². The minimum atomic E-state index is -0.142. The molecule has 4 rings (SSSR count). The number of aromatic amines is 1. The highest BCUT2D eigenvalue weighted by atomic mass is 16.5. The van der Waals surface area contributed by atoms with Gasteiger partial charge in [0.1, 0.15) is 11.3 Å². The summed E-state index contributed by atoms with van der Waals surface area (Å²) in [5.74, 6) is 0.554. The summed E-state index contributed by atoms with van der Waals surface area (Å²) in [4.78, 5) is 34.0. The molecule has 1 amide bonds. The Balaban J connectivity index is 1.61. The molecule has 0 aliphatic carbocycles. The fourth-order valence-electron chi connectivity index (χ4n) is 3.47. The number of nitrogens with zero attached hydrogens (tertiary/aromatic N) is 3. The fourth-order valence-corrected chi connectivity index (χ4v) is 3.47. The normalized spacial score (nSPS) is 17.4. The Bertz CT molecular complexity index is 1000. The number of hydrogen-bond acceptors (Lipinski definition) is 5. The van der Waals surface area contributed by atoms with Crippen LogP contribution in [0, 0.1) is 13.8 Å². The maximum absolute atomic E-state index is 12.7. The standard InChI is InChI=1S/C18H18N4O3/c1-10-16(11(2)25-21-10)18(24)22-7-5-12(9-22)14-8-15-13(17(23)20-14)4-3-6-19-15/h3-4,6,8,12H,5,7,9H2,1-2H3,(H,20,23). The monoisotopic (exact) mass is 338 g/mol. The maximum Gasteiger partial charge on any atom is 0.259 e. The number of hydrogen-bond donors (Lipinski definition) is 1. The molecule has 1 aliphatic rings. The van der Waals surface area contributed by atoms with Crippen molar-refractivity contribution < 1.29 is 9.32 Å². The Morgan fingerprint density at radius 1 is 1.40 bits per heavy atom. The molecular weight excluding hydrogens is 320 g/mol. The molecule has 3 aromatic heterocycles. The molecule has 0 bridgehead atoms. The van der Waals surface area contributed by atoms with Gasteiger partial charge >= 0.3 is 0 Å². The first kappa shape index (κ1) is 15.6. The number of rotatable bonds is 2. The molecule has 1 fully saturated rings. The molecule has 0 radical (unpaired) electrons. The third-order valence-electron chi connectivity index (χ3n) is 4.80. The van der Waals surface area contributed by atoms with Crippen molar-refractivity contribution in [2.75, 3.05) is 13.1 Å². The highest BCUT2D eigenvalue weighted by molar-refractivity contribution is 5.96. The second kappa shape index (κ2) is 5.84. The van der Waals surface area contributed by atoms with Crippen molar-refractivity contribution in [2.45, 2.75) is 26.2 Å². The third-order valence-corrected chi connectivity index (χ3v) is 4.80. The quantitative estimate of drug-likeness (QED) is 0.773. The highest BCUT2D eigenvalue weighted by Gasteiger charge is 2.31. The van der Waals surface area contributed by atoms with E-state index in [1.54, 1.807) is 37.1 Å². The number of H-pyrrole nitrogens is 1. The van der Waals surface area contributed by atoms with Gasteiger partial charge in [-0.3, -0.25) is 14.6 Å². The van der Waals surface area contributed by atoms with Crippen LogP contribution in [0.15, 0.2) is 33.7 Å². The second-order valence-electron chi connectivity index (χ2n) is 6.43. The van der Waals surface area contributed by atoms with Crippen molar-refractivity contribution in [1.82, 2.24) is 20.0 Å². The van der Waals surface area contributed by atoms with Crippen molar-refractivity contribution in [1.29, 1.82) is 0 Å². The van der Waals surface area contributed by atoms with Gasteiger partial charge in [-0.25, -0.2) is 0 Å². The molecule has 1 aliphatic heterocycles. The zero-order chi connectivity index (χ0) is 17.6. The first-order valence-corrected chi connectivity index (χ1v) is 8.24. The predicted octanol–water partition coefficient (Wildman–Crippen LogP) is 2.16. The number of aryl methyl sites for hydroxylation is 2. The number of likely N-dealkylation sites (tertiary alicyclic amines) is 1. The summed E-state index contributed by atoms with van der Waals surface area (Å²) in [6.45, 7) is 4.70. The molecule has 1 atom stereocenters. The summed E-state index contributed by atoms with van der Waals surface area (Å²) < 4.78 is 5.10. The van der Waals surface area contributed by atoms with E-state index in [0.717, 1.165) is 12.1 Å². The molecule has 3 aromatic rings. The fraction of sp³-hybridized carbons (Fsp3) is 0.333. The lowest BCUT2D eigenvalue weighted by molar-refractivity contribution is 0.0788. The first-order chi connectivity index (χ1) is 12.0. The third kappa shape index (κ3) is 2.61. The molecular formula is C18H18N4O3. The zero-order valence-corrected chi connectivity index (χ0v) is 14.1. The lowest BCUT2D eigenvalue weighted by atomic mass is 10.0. The van der Waals surface area contributed by atoms with E-state index in [4.69, 9.17) is 4.52 Å². The van der Waals surface area contributed by atoms with Gasteiger partial charge < -0.3 is 14.4 Å². The van der Waals surface area contributed by atoms with Crippen molar-refractivity contribution in [2.24, 2.45) is 0 Å². The van der Waals surface area contributed by atoms with E-state index in [1.165, 1.54) is 0 Å². The van der Waals surface area contributed by atoms with E-state index in [2.05, 4.69) is 15.1 Å². The van der Waals surface area contributed by atoms with Crippen molar-refractivity contribution in [3.05, 3.63) is 57.5 Å². The topological polar surface area (TPSA) is 92.1 Å². The lowest BCUT2D eigenvalue weighted by Gasteiger charge is -2.16. The molecule has 1 N–H and O–H groups in total. The molecule has 0 aromatic carbocycles. The van der Waals surface area contributed by atoms with E-state index in [1.807, 2.05) is 6.07 Å². The second-order valence-corrected chi connectivity index (χ2v) is 6.43. The van der Waals surface area contributed by atoms with E-state index >= 15 is 0 Å². The SMILES string of the molecule is Cc1noc(C)c1C(=O)N1CCC(c2cc3ncccc3c(=O)[nH]2)C1. The van der Waals surface area contributed by atoms with Crippen LogP contribution in [0.4, 0.5) is 0 Å². The Morgan fingerprint density at radius 2 is 2.24 bits per heavy atom. The summed E-state index contributed by atoms with van der Waals surface area (Å²) in [6, 6.07) is 5.41. The molecule has 4 heterocycles. The van der Waals surface area contributed by atoms with Crippen LogP contribution in [0.5, 0.6) is 0 Å². The molecule has 0 saturated carbocycles. The zero-order valence-electron chi connectivity index (χ0n) is 14.1. The maximum atomic E-state index is 12.7. The van der Waals surface area contributed by atoms with Crippen LogP contribution >= 0.6 is 0 Å². The smallest absolute Gasteiger partial charge is 0.259 e. The van der Waals surface area contributed by atoms with Gasteiger partial charge in [0, 0.05) is 30.9 Å². The largest absolute Gasteiger partial charge is 0.361 e. The molecule has 1 saturated heterocycles. The average Bonchev–Trinajstić information content (AvgIpc) is 3.22. The Kier molecular flexibility index (Phi) is 3.63. The lowest BCUT2D eigenvalue weighted by Crippen LogP contribution is -2.29. The molecule has 1 unspecified atom stereocenters. The summed E-state index contributed by atoms with van der Waals surface area (Å²) in [7, 11) is 0. The number of amides is 1. The van der Waals surface area contributed by atoms with E-state index in [0.29, 0.717) is 41.0 Å². The molecule has 0 spiro atoms. The number of carbonyl (C=O) groups excluding carboxylic acids is 1. The van der Waals surface area contributed by atoms with Gasteiger partial charge in [0.2, 0.25) is 0 Å². The van der Waals surface area contributed by atoms with Gasteiger partial charge in [-0.2, -0.15) is 0 Å². The van der Waals surface area contributed by atoms with Crippen LogP contribution in [-0.2, 0) is 0 Å². The number of pyridine rings is 2. The Morgan fingerprint density at radius 3 is 3.00 bits per heavy atom. The van der Waals surface area contributed by atoms with Gasteiger partial charge in [-0.05, 0) is 38.5 Å². The minimum absolute atomic E-state index is 0.0694. The Hall–Kier alpha value is -2.96. The number of nitrogens with one attached hydrogen (secondary N) is 1. The van der Waals surface area contributed by atoms with Crippen LogP contribution in [0.3, 0.4) is 0 Å². The van der Waals surface area contributed by atoms with Crippen LogP contribution in [0.25, 0.3) is 10.9 Å². The van der Waals surface area contributed by atoms with Gasteiger partial charge in [-0.15, -0.1) is 0 Å². The van der Waals surface area contributed by atoms with Crippen molar-refractivity contribution in [3.8, 4) is 0 Å². The summed E-state index contributed by atoms with van der Waals surface area (Å²) in [5, 5.41) is 4.43. The van der Waals surface area contributed by atoms with E-state index in [-0.39, 0.29) is 17.4 Å². The summed E-state index contributed by atoms with van der Waals surface area (Å²) in [5.41, 5.74) is 2.50. The minimum Gasteiger partial charge on any atom is -0.361 e. The molecule has 7 heteroatoms. The van der Waals surface area contributed by atoms with Gasteiger partial charge in [0.25, 0.3) is 11.5 Å².